The van der Waals surface area contributed by atoms with E-state index < -0.39 is 0 Å². The fourth-order valence-electron chi connectivity index (χ4n) is 2.52. The van der Waals surface area contributed by atoms with E-state index in [2.05, 4.69) is 33.9 Å². The van der Waals surface area contributed by atoms with Gasteiger partial charge in [-0.05, 0) is 38.7 Å². The molecule has 1 saturated heterocycles. The largest absolute Gasteiger partial charge is 0.399 e. The second-order valence-electron chi connectivity index (χ2n) is 5.19. The molecule has 2 aromatic rings. The first-order valence-electron chi connectivity index (χ1n) is 6.30. The molecule has 0 aliphatic carbocycles. The van der Waals surface area contributed by atoms with Gasteiger partial charge in [-0.25, -0.2) is 4.98 Å². The molecule has 1 aromatic heterocycles. The van der Waals surface area contributed by atoms with E-state index in [1.165, 1.54) is 6.42 Å². The number of likely N-dealkylation sites (N-methyl/N-ethyl adjacent to an activating group) is 1. The van der Waals surface area contributed by atoms with Crippen LogP contribution in [0.15, 0.2) is 18.2 Å². The van der Waals surface area contributed by atoms with Crippen LogP contribution < -0.4 is 10.6 Å². The molecular weight excluding hydrogens is 226 g/mol. The van der Waals surface area contributed by atoms with Gasteiger partial charge in [0.2, 0.25) is 5.95 Å². The maximum absolute atomic E-state index is 5.78. The van der Waals surface area contributed by atoms with E-state index in [-0.39, 0.29) is 0 Å². The summed E-state index contributed by atoms with van der Waals surface area (Å²) in [7, 11) is 4.26. The third kappa shape index (κ3) is 1.90. The molecule has 0 radical (unpaired) electrons. The van der Waals surface area contributed by atoms with Crippen molar-refractivity contribution >= 4 is 22.7 Å². The van der Waals surface area contributed by atoms with Gasteiger partial charge < -0.3 is 20.5 Å². The Labute approximate surface area is 107 Å². The van der Waals surface area contributed by atoms with Crippen LogP contribution in [0.4, 0.5) is 11.6 Å². The van der Waals surface area contributed by atoms with Gasteiger partial charge in [0.05, 0.1) is 11.0 Å². The number of rotatable bonds is 2. The maximum atomic E-state index is 5.78. The molecule has 0 spiro atoms. The zero-order chi connectivity index (χ0) is 12.7. The van der Waals surface area contributed by atoms with Crippen molar-refractivity contribution in [3.63, 3.8) is 0 Å². The van der Waals surface area contributed by atoms with Gasteiger partial charge in [0.25, 0.3) is 0 Å². The number of imidazole rings is 1. The van der Waals surface area contributed by atoms with E-state index in [0.29, 0.717) is 6.04 Å². The van der Waals surface area contributed by atoms with Crippen LogP contribution in [0, 0.1) is 0 Å². The molecule has 1 fully saturated rings. The van der Waals surface area contributed by atoms with Gasteiger partial charge in [-0.3, -0.25) is 0 Å². The van der Waals surface area contributed by atoms with Gasteiger partial charge in [0, 0.05) is 24.8 Å². The summed E-state index contributed by atoms with van der Waals surface area (Å²) in [6.07, 6.45) is 1.19. The zero-order valence-electron chi connectivity index (χ0n) is 10.8. The van der Waals surface area contributed by atoms with Crippen molar-refractivity contribution in [1.82, 2.24) is 14.9 Å². The number of nitrogens with two attached hydrogens (primary N) is 1. The molecule has 0 saturated carbocycles. The molecule has 5 nitrogen and oxygen atoms in total. The average molecular weight is 245 g/mol. The number of fused-ring (bicyclic) bond motifs is 1. The van der Waals surface area contributed by atoms with Crippen LogP contribution in [0.2, 0.25) is 0 Å². The summed E-state index contributed by atoms with van der Waals surface area (Å²) in [5.74, 6) is 0.958. The van der Waals surface area contributed by atoms with E-state index in [9.17, 15) is 0 Å². The molecular formula is C13H19N5. The standard InChI is InChI=1S/C13H19N5/c1-17(2)10-5-6-18(8-10)13-15-11-4-3-9(14)7-12(11)16-13/h3-4,7,10H,5-6,8,14H2,1-2H3,(H,15,16). The number of benzene rings is 1. The lowest BCUT2D eigenvalue weighted by Crippen LogP contribution is -2.31. The Kier molecular flexibility index (Phi) is 2.63. The van der Waals surface area contributed by atoms with Crippen molar-refractivity contribution < 1.29 is 0 Å². The lowest BCUT2D eigenvalue weighted by molar-refractivity contribution is 0.315. The number of nitrogens with zero attached hydrogens (tertiary/aromatic N) is 3. The predicted molar refractivity (Wildman–Crippen MR) is 74.8 cm³/mol. The monoisotopic (exact) mass is 245 g/mol. The average Bonchev–Trinajstić information content (AvgIpc) is 2.93. The Morgan fingerprint density at radius 2 is 2.28 bits per heavy atom. The molecule has 0 amide bonds. The molecule has 5 heteroatoms. The molecule has 1 unspecified atom stereocenters. The van der Waals surface area contributed by atoms with Crippen molar-refractivity contribution in [2.75, 3.05) is 37.8 Å². The molecule has 1 aromatic carbocycles. The lowest BCUT2D eigenvalue weighted by atomic mass is 10.2. The van der Waals surface area contributed by atoms with Crippen LogP contribution in [-0.2, 0) is 0 Å². The summed E-state index contributed by atoms with van der Waals surface area (Å²) in [4.78, 5) is 12.6. The van der Waals surface area contributed by atoms with Crippen molar-refractivity contribution in [3.05, 3.63) is 18.2 Å². The Bertz CT molecular complexity index is 560. The molecule has 96 valence electrons. The highest BCUT2D eigenvalue weighted by Gasteiger charge is 2.25. The third-order valence-electron chi connectivity index (χ3n) is 3.69. The fraction of sp³-hybridized carbons (Fsp3) is 0.462. The minimum atomic E-state index is 0.614. The van der Waals surface area contributed by atoms with Gasteiger partial charge in [-0.2, -0.15) is 0 Å². The predicted octanol–water partition coefficient (Wildman–Crippen LogP) is 1.29. The number of aromatic nitrogens is 2. The highest BCUT2D eigenvalue weighted by molar-refractivity contribution is 5.80. The second kappa shape index (κ2) is 4.17. The quantitative estimate of drug-likeness (QED) is 0.783. The summed E-state index contributed by atoms with van der Waals surface area (Å²) >= 11 is 0. The van der Waals surface area contributed by atoms with E-state index in [4.69, 9.17) is 5.73 Å². The molecule has 2 heterocycles. The highest BCUT2D eigenvalue weighted by Crippen LogP contribution is 2.23. The lowest BCUT2D eigenvalue weighted by Gasteiger charge is -2.19. The van der Waals surface area contributed by atoms with Gasteiger partial charge in [0.15, 0.2) is 0 Å². The number of hydrogen-bond donors (Lipinski definition) is 2. The second-order valence-corrected chi connectivity index (χ2v) is 5.19. The Hall–Kier alpha value is -1.75. The highest BCUT2D eigenvalue weighted by atomic mass is 15.3. The van der Waals surface area contributed by atoms with Crippen molar-refractivity contribution in [1.29, 1.82) is 0 Å². The van der Waals surface area contributed by atoms with Crippen LogP contribution in [0.25, 0.3) is 11.0 Å². The number of nitrogens with one attached hydrogen (secondary N) is 1. The van der Waals surface area contributed by atoms with Gasteiger partial charge >= 0.3 is 0 Å². The summed E-state index contributed by atoms with van der Waals surface area (Å²) in [5.41, 5.74) is 8.54. The Morgan fingerprint density at radius 1 is 1.44 bits per heavy atom. The molecule has 3 N–H and O–H groups in total. The number of anilines is 2. The first-order chi connectivity index (χ1) is 8.63. The van der Waals surface area contributed by atoms with E-state index >= 15 is 0 Å². The van der Waals surface area contributed by atoms with Crippen molar-refractivity contribution in [2.24, 2.45) is 0 Å². The molecule has 18 heavy (non-hydrogen) atoms. The number of hydrogen-bond acceptors (Lipinski definition) is 4. The molecule has 1 aliphatic rings. The summed E-state index contributed by atoms with van der Waals surface area (Å²) < 4.78 is 0. The number of aromatic amines is 1. The number of H-pyrrole nitrogens is 1. The molecule has 3 rings (SSSR count). The first-order valence-corrected chi connectivity index (χ1v) is 6.30. The minimum Gasteiger partial charge on any atom is -0.399 e. The van der Waals surface area contributed by atoms with Crippen LogP contribution in [-0.4, -0.2) is 48.1 Å². The van der Waals surface area contributed by atoms with Gasteiger partial charge in [-0.15, -0.1) is 0 Å². The van der Waals surface area contributed by atoms with E-state index in [0.717, 1.165) is 35.8 Å². The SMILES string of the molecule is CN(C)C1CCN(c2nc3ccc(N)cc3[nH]2)C1. The van der Waals surface area contributed by atoms with Gasteiger partial charge in [0.1, 0.15) is 0 Å². The Balaban J connectivity index is 1.87. The Morgan fingerprint density at radius 3 is 3.00 bits per heavy atom. The maximum Gasteiger partial charge on any atom is 0.203 e. The molecule has 0 bridgehead atoms. The summed E-state index contributed by atoms with van der Waals surface area (Å²) in [6, 6.07) is 6.40. The van der Waals surface area contributed by atoms with Gasteiger partial charge in [-0.1, -0.05) is 0 Å². The third-order valence-corrected chi connectivity index (χ3v) is 3.69. The summed E-state index contributed by atoms with van der Waals surface area (Å²) in [5, 5.41) is 0. The number of nitrogen functional groups attached to an aromatic ring is 1. The zero-order valence-corrected chi connectivity index (χ0v) is 10.8. The van der Waals surface area contributed by atoms with E-state index in [1.54, 1.807) is 0 Å². The smallest absolute Gasteiger partial charge is 0.203 e. The van der Waals surface area contributed by atoms with Crippen LogP contribution >= 0.6 is 0 Å². The normalized spacial score (nSPS) is 20.2. The summed E-state index contributed by atoms with van der Waals surface area (Å²) in [6.45, 7) is 2.08. The van der Waals surface area contributed by atoms with Crippen LogP contribution in [0.1, 0.15) is 6.42 Å². The van der Waals surface area contributed by atoms with E-state index in [1.807, 2.05) is 18.2 Å². The topological polar surface area (TPSA) is 61.2 Å². The fourth-order valence-corrected chi connectivity index (χ4v) is 2.52. The molecule has 1 aliphatic heterocycles. The molecule has 1 atom stereocenters. The van der Waals surface area contributed by atoms with Crippen LogP contribution in [0.5, 0.6) is 0 Å². The first kappa shape index (κ1) is 11.3. The van der Waals surface area contributed by atoms with Crippen molar-refractivity contribution in [2.45, 2.75) is 12.5 Å². The van der Waals surface area contributed by atoms with Crippen LogP contribution in [0.3, 0.4) is 0 Å². The minimum absolute atomic E-state index is 0.614. The van der Waals surface area contributed by atoms with Crippen molar-refractivity contribution in [3.8, 4) is 0 Å².